The number of nitrogens with zero attached hydrogens (tertiary/aromatic N) is 1. The van der Waals surface area contributed by atoms with E-state index >= 15 is 0 Å². The van der Waals surface area contributed by atoms with Gasteiger partial charge in [-0.25, -0.2) is 17.2 Å². The largest absolute Gasteiger partial charge is 0.468 e. The highest BCUT2D eigenvalue weighted by Crippen LogP contribution is 2.26. The Morgan fingerprint density at radius 2 is 1.33 bits per heavy atom. The highest BCUT2D eigenvalue weighted by atomic mass is 32.2. The van der Waals surface area contributed by atoms with Crippen molar-refractivity contribution in [3.8, 4) is 0 Å². The second-order valence-corrected chi connectivity index (χ2v) is 6.86. The van der Waals surface area contributed by atoms with Gasteiger partial charge in [-0.2, -0.15) is 4.31 Å². The number of hydrogen-bond donors (Lipinski definition) is 0. The van der Waals surface area contributed by atoms with Gasteiger partial charge in [0.05, 0.1) is 25.6 Å². The van der Waals surface area contributed by atoms with Crippen LogP contribution in [0.2, 0.25) is 0 Å². The van der Waals surface area contributed by atoms with Crippen LogP contribution in [-0.2, 0) is 23.1 Å². The van der Waals surface area contributed by atoms with Crippen molar-refractivity contribution in [3.63, 3.8) is 0 Å². The second-order valence-electron chi connectivity index (χ2n) is 4.98. The number of furan rings is 2. The summed E-state index contributed by atoms with van der Waals surface area (Å²) in [7, 11) is -4.45. The van der Waals surface area contributed by atoms with Gasteiger partial charge in [-0.3, -0.25) is 0 Å². The predicted octanol–water partition coefficient (Wildman–Crippen LogP) is 3.54. The van der Waals surface area contributed by atoms with Crippen LogP contribution >= 0.6 is 0 Å². The minimum atomic E-state index is -4.45. The molecule has 0 aliphatic heterocycles. The summed E-state index contributed by atoms with van der Waals surface area (Å²) in [5, 5.41) is 0. The zero-order valence-electron chi connectivity index (χ0n) is 12.4. The summed E-state index contributed by atoms with van der Waals surface area (Å²) in [6.07, 6.45) is 2.77. The third-order valence-electron chi connectivity index (χ3n) is 3.34. The molecular formula is C16H13F2NO4S. The molecule has 24 heavy (non-hydrogen) atoms. The summed E-state index contributed by atoms with van der Waals surface area (Å²) in [5.41, 5.74) is 0. The number of halogens is 2. The van der Waals surface area contributed by atoms with E-state index in [0.29, 0.717) is 11.5 Å². The predicted molar refractivity (Wildman–Crippen MR) is 80.2 cm³/mol. The van der Waals surface area contributed by atoms with Gasteiger partial charge in [-0.15, -0.1) is 0 Å². The minimum absolute atomic E-state index is 0.191. The van der Waals surface area contributed by atoms with E-state index in [2.05, 4.69) is 0 Å². The Hall–Kier alpha value is -2.45. The molecule has 2 heterocycles. The molecule has 0 radical (unpaired) electrons. The standard InChI is InChI=1S/C16H13F2NO4S/c17-14-6-1-7-15(18)16(14)24(20,21)19(10-12-4-2-8-22-12)11-13-5-3-9-23-13/h1-9H,10-11H2. The molecule has 0 bridgehead atoms. The van der Waals surface area contributed by atoms with Crippen molar-refractivity contribution in [1.29, 1.82) is 0 Å². The molecule has 0 N–H and O–H groups in total. The van der Waals surface area contributed by atoms with Crippen molar-refractivity contribution in [2.45, 2.75) is 18.0 Å². The Bertz CT molecular complexity index is 849. The molecule has 0 fully saturated rings. The maximum atomic E-state index is 14.0. The van der Waals surface area contributed by atoms with Gasteiger partial charge in [0, 0.05) is 0 Å². The molecule has 3 aromatic rings. The van der Waals surface area contributed by atoms with Gasteiger partial charge in [-0.1, -0.05) is 6.07 Å². The van der Waals surface area contributed by atoms with Crippen LogP contribution < -0.4 is 0 Å². The van der Waals surface area contributed by atoms with Crippen molar-refractivity contribution in [2.24, 2.45) is 0 Å². The highest BCUT2D eigenvalue weighted by Gasteiger charge is 2.32. The summed E-state index contributed by atoms with van der Waals surface area (Å²) in [6.45, 7) is -0.381. The van der Waals surface area contributed by atoms with Crippen molar-refractivity contribution in [1.82, 2.24) is 4.31 Å². The van der Waals surface area contributed by atoms with E-state index in [1.54, 1.807) is 24.3 Å². The molecule has 2 aromatic heterocycles. The molecular weight excluding hydrogens is 340 g/mol. The maximum absolute atomic E-state index is 14.0. The SMILES string of the molecule is O=S(=O)(c1c(F)cccc1F)N(Cc1ccco1)Cc1ccco1. The molecule has 1 aromatic carbocycles. The lowest BCUT2D eigenvalue weighted by atomic mass is 10.3. The Kier molecular flexibility index (Phi) is 4.50. The first-order chi connectivity index (χ1) is 11.5. The summed E-state index contributed by atoms with van der Waals surface area (Å²) in [6, 6.07) is 9.23. The van der Waals surface area contributed by atoms with Crippen molar-refractivity contribution in [2.75, 3.05) is 0 Å². The fraction of sp³-hybridized carbons (Fsp3) is 0.125. The van der Waals surface area contributed by atoms with E-state index in [-0.39, 0.29) is 13.1 Å². The van der Waals surface area contributed by atoms with Gasteiger partial charge in [-0.05, 0) is 36.4 Å². The number of benzene rings is 1. The van der Waals surface area contributed by atoms with E-state index in [1.807, 2.05) is 0 Å². The molecule has 0 unspecified atom stereocenters. The Labute approximate surface area is 137 Å². The third-order valence-corrected chi connectivity index (χ3v) is 5.19. The quantitative estimate of drug-likeness (QED) is 0.680. The van der Waals surface area contributed by atoms with Crippen molar-refractivity contribution in [3.05, 3.63) is 78.1 Å². The molecule has 0 amide bonds. The van der Waals surface area contributed by atoms with Crippen LogP contribution in [-0.4, -0.2) is 12.7 Å². The first kappa shape index (κ1) is 16.4. The molecule has 8 heteroatoms. The third kappa shape index (κ3) is 3.24. The van der Waals surface area contributed by atoms with E-state index in [1.165, 1.54) is 12.5 Å². The summed E-state index contributed by atoms with van der Waals surface area (Å²) >= 11 is 0. The van der Waals surface area contributed by atoms with Gasteiger partial charge < -0.3 is 8.83 Å². The number of sulfonamides is 1. The zero-order chi connectivity index (χ0) is 17.2. The summed E-state index contributed by atoms with van der Waals surface area (Å²) in [4.78, 5) is -0.997. The first-order valence-corrected chi connectivity index (χ1v) is 8.41. The van der Waals surface area contributed by atoms with Crippen molar-refractivity contribution >= 4 is 10.0 Å². The van der Waals surface area contributed by atoms with Gasteiger partial charge in [0.15, 0.2) is 4.90 Å². The van der Waals surface area contributed by atoms with E-state index in [0.717, 1.165) is 22.5 Å². The van der Waals surface area contributed by atoms with E-state index in [4.69, 9.17) is 8.83 Å². The van der Waals surface area contributed by atoms with E-state index < -0.39 is 26.6 Å². The second kappa shape index (κ2) is 6.58. The van der Waals surface area contributed by atoms with Crippen LogP contribution in [0, 0.1) is 11.6 Å². The monoisotopic (exact) mass is 353 g/mol. The lowest BCUT2D eigenvalue weighted by Crippen LogP contribution is -2.31. The number of hydrogen-bond acceptors (Lipinski definition) is 4. The molecule has 0 atom stereocenters. The smallest absolute Gasteiger partial charge is 0.249 e. The average Bonchev–Trinajstić information content (AvgIpc) is 3.19. The van der Waals surface area contributed by atoms with Crippen LogP contribution in [0.5, 0.6) is 0 Å². The Morgan fingerprint density at radius 3 is 1.75 bits per heavy atom. The van der Waals surface area contributed by atoms with Gasteiger partial charge in [0.25, 0.3) is 0 Å². The van der Waals surface area contributed by atoms with E-state index in [9.17, 15) is 17.2 Å². The minimum Gasteiger partial charge on any atom is -0.468 e. The molecule has 0 aliphatic rings. The molecule has 0 saturated carbocycles. The molecule has 5 nitrogen and oxygen atoms in total. The van der Waals surface area contributed by atoms with Gasteiger partial charge in [0.2, 0.25) is 10.0 Å². The molecule has 0 spiro atoms. The van der Waals surface area contributed by atoms with Crippen LogP contribution in [0.15, 0.2) is 68.7 Å². The lowest BCUT2D eigenvalue weighted by molar-refractivity contribution is 0.327. The molecule has 3 rings (SSSR count). The van der Waals surface area contributed by atoms with Crippen molar-refractivity contribution < 1.29 is 26.0 Å². The molecule has 0 saturated heterocycles. The molecule has 126 valence electrons. The Balaban J connectivity index is 2.02. The average molecular weight is 353 g/mol. The molecule has 0 aliphatic carbocycles. The maximum Gasteiger partial charge on any atom is 0.249 e. The summed E-state index contributed by atoms with van der Waals surface area (Å²) < 4.78 is 64.7. The topological polar surface area (TPSA) is 63.7 Å². The zero-order valence-corrected chi connectivity index (χ0v) is 13.2. The van der Waals surface area contributed by atoms with Crippen LogP contribution in [0.25, 0.3) is 0 Å². The van der Waals surface area contributed by atoms with Crippen LogP contribution in [0.4, 0.5) is 8.78 Å². The highest BCUT2D eigenvalue weighted by molar-refractivity contribution is 7.89. The Morgan fingerprint density at radius 1 is 0.833 bits per heavy atom. The normalized spacial score (nSPS) is 12.0. The fourth-order valence-corrected chi connectivity index (χ4v) is 3.72. The van der Waals surface area contributed by atoms with Crippen LogP contribution in [0.1, 0.15) is 11.5 Å². The lowest BCUT2D eigenvalue weighted by Gasteiger charge is -2.20. The fourth-order valence-electron chi connectivity index (χ4n) is 2.24. The first-order valence-electron chi connectivity index (χ1n) is 6.97. The number of rotatable bonds is 6. The van der Waals surface area contributed by atoms with Crippen LogP contribution in [0.3, 0.4) is 0 Å². The van der Waals surface area contributed by atoms with Gasteiger partial charge in [0.1, 0.15) is 23.2 Å². The van der Waals surface area contributed by atoms with Gasteiger partial charge >= 0.3 is 0 Å². The summed E-state index contributed by atoms with van der Waals surface area (Å²) in [5.74, 6) is -1.64.